The van der Waals surface area contributed by atoms with Crippen LogP contribution in [0.25, 0.3) is 33.4 Å². The van der Waals surface area contributed by atoms with E-state index in [-0.39, 0.29) is 5.91 Å². The molecule has 0 saturated heterocycles. The Hall–Kier alpha value is -3.72. The average Bonchev–Trinajstić information content (AvgIpc) is 2.95. The van der Waals surface area contributed by atoms with Crippen LogP contribution in [0.2, 0.25) is 0 Å². The smallest absolute Gasteiger partial charge is 0.251 e. The Morgan fingerprint density at radius 2 is 1.73 bits per heavy atom. The van der Waals surface area contributed by atoms with Crippen molar-refractivity contribution < 1.29 is 23.5 Å². The topological polar surface area (TPSA) is 128 Å². The number of alkyl halides is 1. The molecule has 1 amide bonds. The van der Waals surface area contributed by atoms with Crippen LogP contribution in [-0.2, 0) is 9.47 Å². The molecule has 210 valence electrons. The summed E-state index contributed by atoms with van der Waals surface area (Å²) in [7, 11) is 0. The van der Waals surface area contributed by atoms with Crippen molar-refractivity contribution in [3.05, 3.63) is 71.1 Å². The Morgan fingerprint density at radius 3 is 2.52 bits per heavy atom. The van der Waals surface area contributed by atoms with Gasteiger partial charge in [0.2, 0.25) is 0 Å². The number of anilines is 1. The summed E-state index contributed by atoms with van der Waals surface area (Å²) in [6.07, 6.45) is 5.06. The summed E-state index contributed by atoms with van der Waals surface area (Å²) in [5, 5.41) is 11.9. The van der Waals surface area contributed by atoms with Gasteiger partial charge in [-0.25, -0.2) is 0 Å². The van der Waals surface area contributed by atoms with Crippen molar-refractivity contribution in [3.8, 4) is 22.5 Å². The third kappa shape index (κ3) is 7.47. The van der Waals surface area contributed by atoms with E-state index in [4.69, 9.17) is 36.6 Å². The molecule has 0 radical (unpaired) electrons. The van der Waals surface area contributed by atoms with Crippen LogP contribution in [0, 0.1) is 5.41 Å². The minimum Gasteiger partial charge on any atom is -0.456 e. The predicted octanol–water partition coefficient (Wildman–Crippen LogP) is 5.64. The number of fused-ring (bicyclic) bond motifs is 2. The minimum atomic E-state index is -0.276. The molecule has 2 aromatic rings. The molecule has 0 bridgehead atoms. The number of aldehydes is 1. The lowest BCUT2D eigenvalue weighted by atomic mass is 9.90. The largest absolute Gasteiger partial charge is 0.456 e. The summed E-state index contributed by atoms with van der Waals surface area (Å²) in [5.74, 6) is 0.917. The molecule has 9 heteroatoms. The molecule has 0 spiro atoms. The molecule has 0 saturated carbocycles. The highest BCUT2D eigenvalue weighted by Gasteiger charge is 2.20. The van der Waals surface area contributed by atoms with E-state index in [1.807, 2.05) is 6.07 Å². The molecule has 0 fully saturated rings. The van der Waals surface area contributed by atoms with Crippen LogP contribution in [0.3, 0.4) is 0 Å². The van der Waals surface area contributed by atoms with Crippen molar-refractivity contribution >= 4 is 40.5 Å². The van der Waals surface area contributed by atoms with Gasteiger partial charge in [-0.3, -0.25) is 9.59 Å². The second kappa shape index (κ2) is 14.6. The first-order valence-electron chi connectivity index (χ1n) is 13.4. The van der Waals surface area contributed by atoms with E-state index in [1.54, 1.807) is 48.5 Å². The number of nitrogens with one attached hydrogen (secondary N) is 2. The van der Waals surface area contributed by atoms with Gasteiger partial charge in [0.1, 0.15) is 11.3 Å². The lowest BCUT2D eigenvalue weighted by Crippen LogP contribution is -2.27. The Labute approximate surface area is 238 Å². The van der Waals surface area contributed by atoms with Crippen molar-refractivity contribution in [2.75, 3.05) is 44.6 Å². The molecule has 4 N–H and O–H groups in total. The maximum atomic E-state index is 13.0. The molecule has 1 aliphatic heterocycles. The SMILES string of the molecule is N=c1ccc2c(-c3cc(C(=O)NCCOCCOCCCCCCCl)ccc3C=O)c3ccc(N)cc3oc-2c1. The van der Waals surface area contributed by atoms with E-state index >= 15 is 0 Å². The van der Waals surface area contributed by atoms with Crippen LogP contribution in [0.15, 0.2) is 59.0 Å². The Morgan fingerprint density at radius 1 is 0.925 bits per heavy atom. The van der Waals surface area contributed by atoms with E-state index in [2.05, 4.69) is 5.32 Å². The van der Waals surface area contributed by atoms with Crippen LogP contribution >= 0.6 is 11.6 Å². The maximum absolute atomic E-state index is 13.0. The molecule has 8 nitrogen and oxygen atoms in total. The predicted molar refractivity (Wildman–Crippen MR) is 157 cm³/mol. The molecule has 0 aromatic heterocycles. The van der Waals surface area contributed by atoms with Crippen LogP contribution in [0.4, 0.5) is 5.69 Å². The van der Waals surface area contributed by atoms with Crippen molar-refractivity contribution in [1.29, 1.82) is 5.41 Å². The lowest BCUT2D eigenvalue weighted by Gasteiger charge is -2.17. The van der Waals surface area contributed by atoms with Crippen LogP contribution in [0.1, 0.15) is 46.4 Å². The molecular formula is C31H34ClN3O5. The van der Waals surface area contributed by atoms with Gasteiger partial charge in [-0.2, -0.15) is 0 Å². The average molecular weight is 564 g/mol. The number of nitrogen functional groups attached to an aromatic ring is 1. The van der Waals surface area contributed by atoms with Crippen molar-refractivity contribution in [2.45, 2.75) is 25.7 Å². The number of hydrogen-bond acceptors (Lipinski definition) is 7. The number of carbonyl (C=O) groups excluding carboxylic acids is 2. The van der Waals surface area contributed by atoms with Gasteiger partial charge in [0.05, 0.1) is 25.2 Å². The van der Waals surface area contributed by atoms with Gasteiger partial charge >= 0.3 is 0 Å². The first-order valence-corrected chi connectivity index (χ1v) is 13.9. The highest BCUT2D eigenvalue weighted by Crippen LogP contribution is 2.41. The first-order chi connectivity index (χ1) is 19.5. The lowest BCUT2D eigenvalue weighted by molar-refractivity contribution is 0.0468. The molecular weight excluding hydrogens is 530 g/mol. The summed E-state index contributed by atoms with van der Waals surface area (Å²) in [6.45, 7) is 2.37. The second-order valence-corrected chi connectivity index (χ2v) is 9.83. The zero-order valence-electron chi connectivity index (χ0n) is 22.3. The fourth-order valence-electron chi connectivity index (χ4n) is 4.53. The van der Waals surface area contributed by atoms with E-state index in [1.165, 1.54) is 0 Å². The van der Waals surface area contributed by atoms with Crippen molar-refractivity contribution in [3.63, 3.8) is 0 Å². The van der Waals surface area contributed by atoms with Gasteiger partial charge in [0.15, 0.2) is 6.29 Å². The quantitative estimate of drug-likeness (QED) is 0.0564. The zero-order valence-corrected chi connectivity index (χ0v) is 23.1. The third-order valence-electron chi connectivity index (χ3n) is 6.53. The molecule has 40 heavy (non-hydrogen) atoms. The molecule has 1 heterocycles. The zero-order chi connectivity index (χ0) is 28.3. The Bertz CT molecular complexity index is 1490. The summed E-state index contributed by atoms with van der Waals surface area (Å²) in [5.41, 5.74) is 9.93. The second-order valence-electron chi connectivity index (χ2n) is 9.45. The Kier molecular flexibility index (Phi) is 10.7. The fourth-order valence-corrected chi connectivity index (χ4v) is 4.72. The van der Waals surface area contributed by atoms with Gasteiger partial charge in [-0.05, 0) is 54.8 Å². The molecule has 0 atom stereocenters. The van der Waals surface area contributed by atoms with Gasteiger partial charge < -0.3 is 30.4 Å². The molecule has 1 aliphatic carbocycles. The fraction of sp³-hybridized carbons (Fsp3) is 0.323. The van der Waals surface area contributed by atoms with Gasteiger partial charge in [-0.15, -0.1) is 11.6 Å². The summed E-state index contributed by atoms with van der Waals surface area (Å²) in [4.78, 5) is 25.0. The number of rotatable bonds is 15. The van der Waals surface area contributed by atoms with Gasteiger partial charge in [0, 0.05) is 64.5 Å². The van der Waals surface area contributed by atoms with E-state index in [0.717, 1.165) is 48.5 Å². The van der Waals surface area contributed by atoms with E-state index in [9.17, 15) is 9.59 Å². The summed E-state index contributed by atoms with van der Waals surface area (Å²) < 4.78 is 17.2. The molecule has 0 unspecified atom stereocenters. The maximum Gasteiger partial charge on any atom is 0.251 e. The van der Waals surface area contributed by atoms with E-state index in [0.29, 0.717) is 77.9 Å². The monoisotopic (exact) mass is 563 g/mol. The van der Waals surface area contributed by atoms with Crippen LogP contribution in [-0.4, -0.2) is 51.0 Å². The number of benzene rings is 3. The van der Waals surface area contributed by atoms with E-state index < -0.39 is 0 Å². The molecule has 2 aliphatic rings. The Balaban J connectivity index is 1.43. The molecule has 2 aromatic carbocycles. The van der Waals surface area contributed by atoms with Gasteiger partial charge in [-0.1, -0.05) is 18.9 Å². The highest BCUT2D eigenvalue weighted by atomic mass is 35.5. The summed E-state index contributed by atoms with van der Waals surface area (Å²) in [6, 6.07) is 15.3. The standard InChI is InChI=1S/C31H34ClN3O5/c32-11-3-1-2-4-13-38-15-16-39-14-12-35-31(37)21-5-6-22(20-36)27(17-21)30-25-9-7-23(33)18-28(25)40-29-19-24(34)8-10-26(29)30/h5-10,17-20,33H,1-4,11-16,34H2,(H,35,37). The van der Waals surface area contributed by atoms with Gasteiger partial charge in [0.25, 0.3) is 5.91 Å². The number of unbranched alkanes of at least 4 members (excludes halogenated alkanes) is 3. The van der Waals surface area contributed by atoms with Crippen molar-refractivity contribution in [2.24, 2.45) is 0 Å². The number of halogens is 1. The van der Waals surface area contributed by atoms with Crippen LogP contribution in [0.5, 0.6) is 0 Å². The third-order valence-corrected chi connectivity index (χ3v) is 6.80. The number of amides is 1. The number of hydrogen-bond donors (Lipinski definition) is 3. The number of carbonyl (C=O) groups is 2. The normalized spacial score (nSPS) is 11.2. The minimum absolute atomic E-state index is 0.276. The number of nitrogens with two attached hydrogens (primary N) is 1. The number of ether oxygens (including phenoxy) is 2. The highest BCUT2D eigenvalue weighted by molar-refractivity contribution is 6.17. The summed E-state index contributed by atoms with van der Waals surface area (Å²) >= 11 is 5.67. The van der Waals surface area contributed by atoms with Crippen LogP contribution < -0.4 is 16.4 Å². The molecule has 4 rings (SSSR count). The van der Waals surface area contributed by atoms with Crippen molar-refractivity contribution in [1.82, 2.24) is 5.32 Å². The first kappa shape index (κ1) is 29.3.